The van der Waals surface area contributed by atoms with Gasteiger partial charge in [0.25, 0.3) is 0 Å². The van der Waals surface area contributed by atoms with Crippen LogP contribution in [0.3, 0.4) is 0 Å². The van der Waals surface area contributed by atoms with Crippen molar-refractivity contribution in [2.24, 2.45) is 11.8 Å². The van der Waals surface area contributed by atoms with Gasteiger partial charge in [0.2, 0.25) is 5.91 Å². The first-order chi connectivity index (χ1) is 12.0. The lowest BCUT2D eigenvalue weighted by molar-refractivity contribution is -0.149. The molecule has 0 bridgehead atoms. The maximum atomic E-state index is 12.8. The van der Waals surface area contributed by atoms with Crippen molar-refractivity contribution in [1.82, 2.24) is 4.90 Å². The van der Waals surface area contributed by atoms with Crippen LogP contribution in [0.15, 0.2) is 12.1 Å². The molecule has 1 saturated heterocycles. The number of hydrogen-bond donors (Lipinski definition) is 1. The maximum Gasteiger partial charge on any atom is 0.326 e. The number of aliphatic carboxylic acids is 1. The van der Waals surface area contributed by atoms with Crippen molar-refractivity contribution in [3.8, 4) is 11.5 Å². The Kier molecular flexibility index (Phi) is 4.23. The first-order valence-corrected chi connectivity index (χ1v) is 9.02. The SMILES string of the molecule is O=C(O)C1C2CCCC2CN1C(=O)Cc1cc(Cl)c2c(c1)OCCO2. The summed E-state index contributed by atoms with van der Waals surface area (Å²) >= 11 is 6.22. The molecule has 1 aromatic rings. The summed E-state index contributed by atoms with van der Waals surface area (Å²) < 4.78 is 11.0. The van der Waals surface area contributed by atoms with Crippen LogP contribution in [0.1, 0.15) is 24.8 Å². The Morgan fingerprint density at radius 3 is 2.84 bits per heavy atom. The van der Waals surface area contributed by atoms with Crippen LogP contribution >= 0.6 is 11.6 Å². The van der Waals surface area contributed by atoms with Gasteiger partial charge in [-0.05, 0) is 42.4 Å². The molecule has 1 N–H and O–H groups in total. The fraction of sp³-hybridized carbons (Fsp3) is 0.556. The van der Waals surface area contributed by atoms with Crippen molar-refractivity contribution < 1.29 is 24.2 Å². The number of fused-ring (bicyclic) bond motifs is 2. The first kappa shape index (κ1) is 16.5. The van der Waals surface area contributed by atoms with E-state index in [0.29, 0.717) is 47.8 Å². The second-order valence-corrected chi connectivity index (χ2v) is 7.37. The fourth-order valence-corrected chi connectivity index (χ4v) is 4.71. The summed E-state index contributed by atoms with van der Waals surface area (Å²) in [6.45, 7) is 1.43. The molecular formula is C18H20ClNO5. The lowest BCUT2D eigenvalue weighted by Gasteiger charge is -2.25. The highest BCUT2D eigenvalue weighted by Gasteiger charge is 2.49. The number of carbonyl (C=O) groups is 2. The third-order valence-electron chi connectivity index (χ3n) is 5.48. The topological polar surface area (TPSA) is 76.1 Å². The average molecular weight is 366 g/mol. The number of benzene rings is 1. The molecule has 2 fully saturated rings. The molecule has 134 valence electrons. The molecule has 1 amide bonds. The highest BCUT2D eigenvalue weighted by molar-refractivity contribution is 6.32. The van der Waals surface area contributed by atoms with Crippen LogP contribution in [0.25, 0.3) is 0 Å². The van der Waals surface area contributed by atoms with E-state index in [1.165, 1.54) is 0 Å². The van der Waals surface area contributed by atoms with Gasteiger partial charge in [0.15, 0.2) is 11.5 Å². The zero-order chi connectivity index (χ0) is 17.6. The Bertz CT molecular complexity index is 722. The molecule has 7 heteroatoms. The highest BCUT2D eigenvalue weighted by Crippen LogP contribution is 2.43. The largest absolute Gasteiger partial charge is 0.486 e. The van der Waals surface area contributed by atoms with Gasteiger partial charge in [0.1, 0.15) is 19.3 Å². The van der Waals surface area contributed by atoms with Crippen molar-refractivity contribution in [3.63, 3.8) is 0 Å². The van der Waals surface area contributed by atoms with E-state index in [1.807, 2.05) is 0 Å². The summed E-state index contributed by atoms with van der Waals surface area (Å²) in [5.41, 5.74) is 0.709. The van der Waals surface area contributed by atoms with Gasteiger partial charge in [-0.25, -0.2) is 4.79 Å². The number of likely N-dealkylation sites (tertiary alicyclic amines) is 1. The van der Waals surface area contributed by atoms with Crippen molar-refractivity contribution in [2.45, 2.75) is 31.7 Å². The number of nitrogens with zero attached hydrogens (tertiary/aromatic N) is 1. The fourth-order valence-electron chi connectivity index (χ4n) is 4.42. The smallest absolute Gasteiger partial charge is 0.326 e. The molecule has 0 radical (unpaired) electrons. The van der Waals surface area contributed by atoms with E-state index in [4.69, 9.17) is 21.1 Å². The molecule has 1 aromatic carbocycles. The second kappa shape index (κ2) is 6.41. The van der Waals surface area contributed by atoms with Crippen molar-refractivity contribution in [3.05, 3.63) is 22.7 Å². The zero-order valence-electron chi connectivity index (χ0n) is 13.7. The molecule has 25 heavy (non-hydrogen) atoms. The molecule has 0 spiro atoms. The van der Waals surface area contributed by atoms with Gasteiger partial charge in [-0.15, -0.1) is 0 Å². The predicted molar refractivity (Wildman–Crippen MR) is 90.1 cm³/mol. The van der Waals surface area contributed by atoms with Gasteiger partial charge in [-0.1, -0.05) is 18.0 Å². The molecule has 2 heterocycles. The summed E-state index contributed by atoms with van der Waals surface area (Å²) in [6, 6.07) is 2.75. The zero-order valence-corrected chi connectivity index (χ0v) is 14.5. The van der Waals surface area contributed by atoms with Gasteiger partial charge >= 0.3 is 5.97 Å². The van der Waals surface area contributed by atoms with Gasteiger partial charge in [-0.3, -0.25) is 4.79 Å². The summed E-state index contributed by atoms with van der Waals surface area (Å²) in [4.78, 5) is 26.0. The maximum absolute atomic E-state index is 12.8. The van der Waals surface area contributed by atoms with Crippen LogP contribution in [-0.4, -0.2) is 47.7 Å². The van der Waals surface area contributed by atoms with Crippen LogP contribution < -0.4 is 9.47 Å². The van der Waals surface area contributed by atoms with Crippen molar-refractivity contribution in [2.75, 3.05) is 19.8 Å². The van der Waals surface area contributed by atoms with E-state index in [1.54, 1.807) is 17.0 Å². The molecule has 4 rings (SSSR count). The summed E-state index contributed by atoms with van der Waals surface area (Å²) in [7, 11) is 0. The number of ether oxygens (including phenoxy) is 2. The van der Waals surface area contributed by atoms with Crippen LogP contribution in [0, 0.1) is 11.8 Å². The van der Waals surface area contributed by atoms with E-state index in [-0.39, 0.29) is 18.2 Å². The number of rotatable bonds is 3. The third kappa shape index (κ3) is 2.92. The monoisotopic (exact) mass is 365 g/mol. The van der Waals surface area contributed by atoms with E-state index in [0.717, 1.165) is 19.3 Å². The van der Waals surface area contributed by atoms with Crippen LogP contribution in [0.5, 0.6) is 11.5 Å². The van der Waals surface area contributed by atoms with E-state index < -0.39 is 12.0 Å². The molecule has 3 unspecified atom stereocenters. The van der Waals surface area contributed by atoms with Crippen LogP contribution in [0.2, 0.25) is 5.02 Å². The number of carboxylic acids is 1. The van der Waals surface area contributed by atoms with Crippen LogP contribution in [0.4, 0.5) is 0 Å². The quantitative estimate of drug-likeness (QED) is 0.889. The van der Waals surface area contributed by atoms with Gasteiger partial charge in [-0.2, -0.15) is 0 Å². The number of carbonyl (C=O) groups excluding carboxylic acids is 1. The standard InChI is InChI=1S/C18H20ClNO5/c19-13-6-10(7-14-17(13)25-5-4-24-14)8-15(21)20-9-11-2-1-3-12(11)16(20)18(22)23/h6-7,11-12,16H,1-5,8-9H2,(H,22,23). The predicted octanol–water partition coefficient (Wildman–Crippen LogP) is 2.37. The minimum atomic E-state index is -0.900. The summed E-state index contributed by atoms with van der Waals surface area (Å²) in [5, 5.41) is 10.0. The van der Waals surface area contributed by atoms with E-state index in [2.05, 4.69) is 0 Å². The number of hydrogen-bond acceptors (Lipinski definition) is 4. The Morgan fingerprint density at radius 1 is 1.24 bits per heavy atom. The minimum absolute atomic E-state index is 0.0882. The van der Waals surface area contributed by atoms with Crippen molar-refractivity contribution >= 4 is 23.5 Å². The van der Waals surface area contributed by atoms with Crippen molar-refractivity contribution in [1.29, 1.82) is 0 Å². The molecule has 3 aliphatic rings. The molecule has 1 saturated carbocycles. The molecule has 2 aliphatic heterocycles. The Labute approximate surface area is 150 Å². The molecule has 3 atom stereocenters. The lowest BCUT2D eigenvalue weighted by Crippen LogP contribution is -2.43. The van der Waals surface area contributed by atoms with Gasteiger partial charge in [0, 0.05) is 6.54 Å². The molecular weight excluding hydrogens is 346 g/mol. The number of carboxylic acid groups (broad SMARTS) is 1. The lowest BCUT2D eigenvalue weighted by atomic mass is 9.94. The second-order valence-electron chi connectivity index (χ2n) is 6.96. The number of amides is 1. The van der Waals surface area contributed by atoms with E-state index >= 15 is 0 Å². The summed E-state index contributed by atoms with van der Waals surface area (Å²) in [6.07, 6.45) is 3.06. The summed E-state index contributed by atoms with van der Waals surface area (Å²) in [5.74, 6) is 0.370. The van der Waals surface area contributed by atoms with Crippen LogP contribution in [-0.2, 0) is 16.0 Å². The highest BCUT2D eigenvalue weighted by atomic mass is 35.5. The number of halogens is 1. The Morgan fingerprint density at radius 2 is 2.04 bits per heavy atom. The minimum Gasteiger partial charge on any atom is -0.486 e. The third-order valence-corrected chi connectivity index (χ3v) is 5.76. The molecule has 0 aromatic heterocycles. The first-order valence-electron chi connectivity index (χ1n) is 8.65. The molecule has 6 nitrogen and oxygen atoms in total. The Hall–Kier alpha value is -1.95. The Balaban J connectivity index is 1.54. The average Bonchev–Trinajstić information content (AvgIpc) is 3.15. The normalized spacial score (nSPS) is 27.2. The van der Waals surface area contributed by atoms with Gasteiger partial charge in [0.05, 0.1) is 11.4 Å². The van der Waals surface area contributed by atoms with Gasteiger partial charge < -0.3 is 19.5 Å². The molecule has 1 aliphatic carbocycles. The van der Waals surface area contributed by atoms with E-state index in [9.17, 15) is 14.7 Å².